The highest BCUT2D eigenvalue weighted by Crippen LogP contribution is 2.24. The molecule has 25 heavy (non-hydrogen) atoms. The zero-order valence-corrected chi connectivity index (χ0v) is 14.1. The standard InChI is InChI=1S/C18H20N6O/c1-12-17(18(25)23-10-4-5-13(23)11-19)21-22-24(12)16-8-2-7-15-14(16)6-3-9-20-15/h2-3,6-9,13H,4-5,10-11,19H2,1H3. The average molecular weight is 336 g/mol. The first kappa shape index (κ1) is 15.7. The molecule has 0 bridgehead atoms. The van der Waals surface area contributed by atoms with E-state index in [0.29, 0.717) is 12.2 Å². The molecule has 3 heterocycles. The van der Waals surface area contributed by atoms with Gasteiger partial charge in [-0.2, -0.15) is 0 Å². The van der Waals surface area contributed by atoms with E-state index in [9.17, 15) is 4.79 Å². The number of hydrogen-bond donors (Lipinski definition) is 1. The Morgan fingerprint density at radius 3 is 3.04 bits per heavy atom. The quantitative estimate of drug-likeness (QED) is 0.786. The van der Waals surface area contributed by atoms with Crippen LogP contribution in [0.2, 0.25) is 0 Å². The lowest BCUT2D eigenvalue weighted by atomic mass is 10.1. The molecule has 0 saturated carbocycles. The average Bonchev–Trinajstić information content (AvgIpc) is 3.27. The van der Waals surface area contributed by atoms with Crippen molar-refractivity contribution in [3.8, 4) is 5.69 Å². The molecule has 1 saturated heterocycles. The predicted octanol–water partition coefficient (Wildman–Crippen LogP) is 1.69. The first-order chi connectivity index (χ1) is 12.2. The van der Waals surface area contributed by atoms with Gasteiger partial charge >= 0.3 is 0 Å². The monoisotopic (exact) mass is 336 g/mol. The van der Waals surface area contributed by atoms with Crippen LogP contribution in [0, 0.1) is 6.92 Å². The van der Waals surface area contributed by atoms with Crippen LogP contribution in [-0.2, 0) is 0 Å². The summed E-state index contributed by atoms with van der Waals surface area (Å²) in [6.45, 7) is 3.08. The van der Waals surface area contributed by atoms with Crippen LogP contribution in [0.15, 0.2) is 36.5 Å². The van der Waals surface area contributed by atoms with Gasteiger partial charge in [-0.1, -0.05) is 11.3 Å². The van der Waals surface area contributed by atoms with Crippen LogP contribution in [-0.4, -0.2) is 49.9 Å². The minimum atomic E-state index is -0.0879. The Bertz CT molecular complexity index is 929. The maximum Gasteiger partial charge on any atom is 0.276 e. The number of amides is 1. The second-order valence-corrected chi connectivity index (χ2v) is 6.31. The highest BCUT2D eigenvalue weighted by Gasteiger charge is 2.31. The fourth-order valence-corrected chi connectivity index (χ4v) is 3.51. The SMILES string of the molecule is Cc1c(C(=O)N2CCCC2CN)nnn1-c1cccc2ncccc12. The van der Waals surface area contributed by atoms with E-state index in [1.807, 2.05) is 42.2 Å². The summed E-state index contributed by atoms with van der Waals surface area (Å²) >= 11 is 0. The van der Waals surface area contributed by atoms with Crippen molar-refractivity contribution in [1.29, 1.82) is 0 Å². The summed E-state index contributed by atoms with van der Waals surface area (Å²) in [5.74, 6) is -0.0879. The Balaban J connectivity index is 1.75. The fourth-order valence-electron chi connectivity index (χ4n) is 3.51. The third-order valence-corrected chi connectivity index (χ3v) is 4.86. The largest absolute Gasteiger partial charge is 0.333 e. The van der Waals surface area contributed by atoms with Crippen molar-refractivity contribution in [2.75, 3.05) is 13.1 Å². The van der Waals surface area contributed by atoms with E-state index < -0.39 is 0 Å². The van der Waals surface area contributed by atoms with Crippen molar-refractivity contribution in [2.24, 2.45) is 5.73 Å². The lowest BCUT2D eigenvalue weighted by Crippen LogP contribution is -2.40. The van der Waals surface area contributed by atoms with Gasteiger partial charge in [-0.3, -0.25) is 9.78 Å². The lowest BCUT2D eigenvalue weighted by molar-refractivity contribution is 0.0734. The number of nitrogens with two attached hydrogens (primary N) is 1. The summed E-state index contributed by atoms with van der Waals surface area (Å²) in [4.78, 5) is 19.1. The van der Waals surface area contributed by atoms with Gasteiger partial charge in [0.2, 0.25) is 0 Å². The Morgan fingerprint density at radius 1 is 1.32 bits per heavy atom. The summed E-state index contributed by atoms with van der Waals surface area (Å²) in [5, 5.41) is 9.38. The molecule has 2 N–H and O–H groups in total. The summed E-state index contributed by atoms with van der Waals surface area (Å²) in [6, 6.07) is 9.81. The van der Waals surface area contributed by atoms with Gasteiger partial charge in [-0.15, -0.1) is 5.10 Å². The predicted molar refractivity (Wildman–Crippen MR) is 94.5 cm³/mol. The minimum absolute atomic E-state index is 0.0879. The molecule has 1 unspecified atom stereocenters. The van der Waals surface area contributed by atoms with Crippen LogP contribution in [0.1, 0.15) is 29.0 Å². The molecule has 2 aromatic heterocycles. The molecule has 7 nitrogen and oxygen atoms in total. The van der Waals surface area contributed by atoms with E-state index in [1.54, 1.807) is 10.9 Å². The molecule has 1 fully saturated rings. The number of hydrogen-bond acceptors (Lipinski definition) is 5. The second-order valence-electron chi connectivity index (χ2n) is 6.31. The van der Waals surface area contributed by atoms with E-state index in [-0.39, 0.29) is 11.9 Å². The normalized spacial score (nSPS) is 17.4. The number of aromatic nitrogens is 4. The van der Waals surface area contributed by atoms with E-state index in [4.69, 9.17) is 5.73 Å². The molecule has 1 atom stereocenters. The molecular formula is C18H20N6O. The number of benzene rings is 1. The molecule has 0 radical (unpaired) electrons. The summed E-state index contributed by atoms with van der Waals surface area (Å²) in [7, 11) is 0. The van der Waals surface area contributed by atoms with E-state index in [2.05, 4.69) is 15.3 Å². The van der Waals surface area contributed by atoms with Crippen LogP contribution in [0.25, 0.3) is 16.6 Å². The van der Waals surface area contributed by atoms with E-state index in [0.717, 1.165) is 41.7 Å². The smallest absolute Gasteiger partial charge is 0.276 e. The van der Waals surface area contributed by atoms with Crippen LogP contribution in [0.3, 0.4) is 0 Å². The number of nitrogens with zero attached hydrogens (tertiary/aromatic N) is 5. The Morgan fingerprint density at radius 2 is 2.20 bits per heavy atom. The van der Waals surface area contributed by atoms with Crippen molar-refractivity contribution >= 4 is 16.8 Å². The Labute approximate surface area is 145 Å². The number of pyridine rings is 1. The van der Waals surface area contributed by atoms with Gasteiger partial charge in [0, 0.05) is 30.7 Å². The van der Waals surface area contributed by atoms with Crippen molar-refractivity contribution in [1.82, 2.24) is 24.9 Å². The van der Waals surface area contributed by atoms with Gasteiger partial charge in [0.15, 0.2) is 5.69 Å². The maximum atomic E-state index is 12.9. The molecule has 1 aliphatic heterocycles. The molecule has 0 aliphatic carbocycles. The number of carbonyl (C=O) groups excluding carboxylic acids is 1. The number of fused-ring (bicyclic) bond motifs is 1. The van der Waals surface area contributed by atoms with Crippen molar-refractivity contribution in [3.63, 3.8) is 0 Å². The van der Waals surface area contributed by atoms with Crippen molar-refractivity contribution in [3.05, 3.63) is 47.9 Å². The Kier molecular flexibility index (Phi) is 3.93. The molecule has 0 spiro atoms. The highest BCUT2D eigenvalue weighted by atomic mass is 16.2. The number of carbonyl (C=O) groups is 1. The summed E-state index contributed by atoms with van der Waals surface area (Å²) < 4.78 is 1.71. The zero-order valence-electron chi connectivity index (χ0n) is 14.1. The second kappa shape index (κ2) is 6.25. The lowest BCUT2D eigenvalue weighted by Gasteiger charge is -2.22. The summed E-state index contributed by atoms with van der Waals surface area (Å²) in [6.07, 6.45) is 3.69. The molecular weight excluding hydrogens is 316 g/mol. The first-order valence-electron chi connectivity index (χ1n) is 8.48. The molecule has 7 heteroatoms. The van der Waals surface area contributed by atoms with Gasteiger partial charge in [-0.25, -0.2) is 4.68 Å². The van der Waals surface area contributed by atoms with Gasteiger partial charge in [-0.05, 0) is 44.0 Å². The fraction of sp³-hybridized carbons (Fsp3) is 0.333. The van der Waals surface area contributed by atoms with Crippen LogP contribution in [0.5, 0.6) is 0 Å². The summed E-state index contributed by atoms with van der Waals surface area (Å²) in [5.41, 5.74) is 8.66. The van der Waals surface area contributed by atoms with E-state index >= 15 is 0 Å². The zero-order chi connectivity index (χ0) is 17.4. The molecule has 3 aromatic rings. The van der Waals surface area contributed by atoms with Gasteiger partial charge in [0.1, 0.15) is 0 Å². The third kappa shape index (κ3) is 2.56. The minimum Gasteiger partial charge on any atom is -0.333 e. The molecule has 1 aliphatic rings. The van der Waals surface area contributed by atoms with Crippen molar-refractivity contribution in [2.45, 2.75) is 25.8 Å². The van der Waals surface area contributed by atoms with Crippen molar-refractivity contribution < 1.29 is 4.79 Å². The van der Waals surface area contributed by atoms with Gasteiger partial charge in [0.05, 0.1) is 16.9 Å². The molecule has 1 aromatic carbocycles. The third-order valence-electron chi connectivity index (χ3n) is 4.86. The van der Waals surface area contributed by atoms with Gasteiger partial charge in [0.25, 0.3) is 5.91 Å². The molecule has 1 amide bonds. The number of likely N-dealkylation sites (tertiary alicyclic amines) is 1. The van der Waals surface area contributed by atoms with E-state index in [1.165, 1.54) is 0 Å². The molecule has 128 valence electrons. The highest BCUT2D eigenvalue weighted by molar-refractivity contribution is 5.94. The van der Waals surface area contributed by atoms with Gasteiger partial charge < -0.3 is 10.6 Å². The van der Waals surface area contributed by atoms with Crippen LogP contribution < -0.4 is 5.73 Å². The maximum absolute atomic E-state index is 12.9. The van der Waals surface area contributed by atoms with Crippen LogP contribution in [0.4, 0.5) is 0 Å². The first-order valence-corrected chi connectivity index (χ1v) is 8.48. The topological polar surface area (TPSA) is 89.9 Å². The number of rotatable bonds is 3. The molecule has 4 rings (SSSR count). The Hall–Kier alpha value is -2.80. The van der Waals surface area contributed by atoms with Crippen LogP contribution >= 0.6 is 0 Å².